The van der Waals surface area contributed by atoms with Crippen LogP contribution in [0.5, 0.6) is 0 Å². The van der Waals surface area contributed by atoms with Gasteiger partial charge in [-0.05, 0) is 30.7 Å². The predicted octanol–water partition coefficient (Wildman–Crippen LogP) is 5.02. The first-order valence-electron chi connectivity index (χ1n) is 7.42. The van der Waals surface area contributed by atoms with E-state index in [9.17, 15) is 0 Å². The van der Waals surface area contributed by atoms with Crippen LogP contribution in [0, 0.1) is 5.92 Å². The van der Waals surface area contributed by atoms with E-state index >= 15 is 0 Å². The Kier molecular flexibility index (Phi) is 5.27. The molecule has 1 rings (SSSR count). The molecule has 0 aromatic rings. The van der Waals surface area contributed by atoms with Crippen LogP contribution in [0.2, 0.25) is 18.1 Å². The van der Waals surface area contributed by atoms with Gasteiger partial charge in [-0.1, -0.05) is 53.1 Å². The van der Waals surface area contributed by atoms with Gasteiger partial charge >= 0.3 is 0 Å². The van der Waals surface area contributed by atoms with Crippen LogP contribution in [0.3, 0.4) is 0 Å². The van der Waals surface area contributed by atoms with Crippen molar-refractivity contribution in [3.8, 4) is 0 Å². The fraction of sp³-hybridized carbons (Fsp3) is 1.00. The van der Waals surface area contributed by atoms with Crippen molar-refractivity contribution in [1.29, 1.82) is 0 Å². The van der Waals surface area contributed by atoms with Gasteiger partial charge in [0, 0.05) is 6.61 Å². The van der Waals surface area contributed by atoms with Gasteiger partial charge in [0.05, 0.1) is 13.8 Å². The van der Waals surface area contributed by atoms with Gasteiger partial charge in [0.15, 0.2) is 0 Å². The van der Waals surface area contributed by atoms with Crippen molar-refractivity contribution in [1.82, 2.24) is 0 Å². The first-order chi connectivity index (χ1) is 7.80. The fourth-order valence-corrected chi connectivity index (χ4v) is 5.93. The fourth-order valence-electron chi connectivity index (χ4n) is 2.98. The van der Waals surface area contributed by atoms with E-state index in [-0.39, 0.29) is 0 Å². The van der Waals surface area contributed by atoms with E-state index in [2.05, 4.69) is 40.8 Å². The lowest BCUT2D eigenvalue weighted by Crippen LogP contribution is -2.54. The summed E-state index contributed by atoms with van der Waals surface area (Å²) in [7, 11) is -1.36. The lowest BCUT2D eigenvalue weighted by atomic mass is 9.90. The Morgan fingerprint density at radius 2 is 1.65 bits per heavy atom. The second-order valence-electron chi connectivity index (χ2n) is 7.25. The lowest BCUT2D eigenvalue weighted by Gasteiger charge is -2.47. The smallest absolute Gasteiger partial charge is 0.0872 e. The van der Waals surface area contributed by atoms with E-state index in [1.54, 1.807) is 0 Å². The Morgan fingerprint density at radius 1 is 1.12 bits per heavy atom. The number of hydrogen-bond donors (Lipinski definition) is 0. The predicted molar refractivity (Wildman–Crippen MR) is 79.2 cm³/mol. The average Bonchev–Trinajstić information content (AvgIpc) is 2.25. The monoisotopic (exact) mass is 256 g/mol. The van der Waals surface area contributed by atoms with E-state index in [4.69, 9.17) is 4.74 Å². The van der Waals surface area contributed by atoms with Crippen molar-refractivity contribution in [2.45, 2.75) is 83.7 Å². The van der Waals surface area contributed by atoms with Gasteiger partial charge in [0.1, 0.15) is 0 Å². The summed E-state index contributed by atoms with van der Waals surface area (Å²) in [5, 5.41) is 0.435. The van der Waals surface area contributed by atoms with Crippen molar-refractivity contribution in [2.75, 3.05) is 6.61 Å². The Morgan fingerprint density at radius 3 is 2.06 bits per heavy atom. The molecule has 1 nitrogen and oxygen atoms in total. The van der Waals surface area contributed by atoms with Crippen molar-refractivity contribution in [3.63, 3.8) is 0 Å². The van der Waals surface area contributed by atoms with Gasteiger partial charge in [-0.25, -0.2) is 0 Å². The van der Waals surface area contributed by atoms with Crippen LogP contribution in [0.25, 0.3) is 0 Å². The van der Waals surface area contributed by atoms with E-state index in [0.29, 0.717) is 10.8 Å². The third-order valence-electron chi connectivity index (χ3n) is 5.07. The maximum Gasteiger partial charge on any atom is 0.0872 e. The summed E-state index contributed by atoms with van der Waals surface area (Å²) in [6, 6.07) is 0. The van der Waals surface area contributed by atoms with E-state index < -0.39 is 8.07 Å². The van der Waals surface area contributed by atoms with Crippen LogP contribution in [-0.4, -0.2) is 20.4 Å². The average molecular weight is 257 g/mol. The second kappa shape index (κ2) is 5.88. The van der Waals surface area contributed by atoms with Crippen LogP contribution in [-0.2, 0) is 4.74 Å². The van der Waals surface area contributed by atoms with Gasteiger partial charge in [-0.3, -0.25) is 0 Å². The Hall–Kier alpha value is 0.177. The zero-order valence-corrected chi connectivity index (χ0v) is 13.8. The molecule has 2 heteroatoms. The highest BCUT2D eigenvalue weighted by atomic mass is 28.3. The molecule has 0 bridgehead atoms. The van der Waals surface area contributed by atoms with E-state index in [1.165, 1.54) is 32.1 Å². The van der Waals surface area contributed by atoms with Crippen molar-refractivity contribution in [3.05, 3.63) is 0 Å². The maximum absolute atomic E-state index is 6.23. The molecule has 0 aromatic carbocycles. The van der Waals surface area contributed by atoms with Crippen LogP contribution in [0.15, 0.2) is 0 Å². The Labute approximate surface area is 109 Å². The van der Waals surface area contributed by atoms with E-state index in [0.717, 1.165) is 12.5 Å². The summed E-state index contributed by atoms with van der Waals surface area (Å²) in [5.74, 6) is 0.838. The molecule has 0 N–H and O–H groups in total. The molecule has 0 spiro atoms. The molecule has 0 aliphatic heterocycles. The van der Waals surface area contributed by atoms with Crippen LogP contribution in [0.1, 0.15) is 59.8 Å². The molecule has 1 atom stereocenters. The molecular weight excluding hydrogens is 224 g/mol. The molecule has 1 saturated carbocycles. The molecule has 1 aliphatic rings. The highest BCUT2D eigenvalue weighted by Crippen LogP contribution is 2.44. The summed E-state index contributed by atoms with van der Waals surface area (Å²) in [6.45, 7) is 15.3. The van der Waals surface area contributed by atoms with E-state index in [1.807, 2.05) is 0 Å². The second-order valence-corrected chi connectivity index (χ2v) is 12.8. The van der Waals surface area contributed by atoms with Crippen LogP contribution in [0.4, 0.5) is 0 Å². The molecule has 1 fully saturated rings. The molecule has 0 amide bonds. The minimum absolute atomic E-state index is 0.435. The first-order valence-corrected chi connectivity index (χ1v) is 10.5. The zero-order valence-electron chi connectivity index (χ0n) is 12.8. The minimum Gasteiger partial charge on any atom is -0.382 e. The van der Waals surface area contributed by atoms with Gasteiger partial charge in [-0.2, -0.15) is 0 Å². The minimum atomic E-state index is -1.36. The third-order valence-corrected chi connectivity index (χ3v) is 11.0. The number of hydrogen-bond acceptors (Lipinski definition) is 1. The molecule has 0 radical (unpaired) electrons. The highest BCUT2D eigenvalue weighted by Gasteiger charge is 2.46. The summed E-state index contributed by atoms with van der Waals surface area (Å²) in [4.78, 5) is 0. The normalized spacial score (nSPS) is 21.5. The third kappa shape index (κ3) is 3.57. The Balaban J connectivity index is 2.83. The number of rotatable bonds is 4. The first kappa shape index (κ1) is 15.2. The molecule has 0 heterocycles. The van der Waals surface area contributed by atoms with Gasteiger partial charge in [0.2, 0.25) is 0 Å². The molecule has 102 valence electrons. The van der Waals surface area contributed by atoms with Crippen LogP contribution < -0.4 is 0 Å². The summed E-state index contributed by atoms with van der Waals surface area (Å²) in [5.41, 5.74) is 0.563. The standard InChI is InChI=1S/C15H32OSi/c1-7-16-14(13-11-9-8-10-12-13)17(5,6)15(2,3)4/h13-14H,7-12H2,1-6H3. The number of ether oxygens (including phenoxy) is 1. The lowest BCUT2D eigenvalue weighted by molar-refractivity contribution is 0.0520. The summed E-state index contributed by atoms with van der Waals surface area (Å²) in [6.07, 6.45) is 7.08. The molecular formula is C15H32OSi. The molecule has 0 aromatic heterocycles. The molecule has 1 aliphatic carbocycles. The largest absolute Gasteiger partial charge is 0.382 e. The summed E-state index contributed by atoms with van der Waals surface area (Å²) < 4.78 is 6.23. The van der Waals surface area contributed by atoms with Gasteiger partial charge in [-0.15, -0.1) is 0 Å². The maximum atomic E-state index is 6.23. The van der Waals surface area contributed by atoms with Crippen molar-refractivity contribution >= 4 is 8.07 Å². The van der Waals surface area contributed by atoms with Crippen LogP contribution >= 0.6 is 0 Å². The molecule has 1 unspecified atom stereocenters. The van der Waals surface area contributed by atoms with Gasteiger partial charge < -0.3 is 4.74 Å². The molecule has 17 heavy (non-hydrogen) atoms. The SMILES string of the molecule is CCOC(C1CCCCC1)[Si](C)(C)C(C)(C)C. The van der Waals surface area contributed by atoms with Crippen molar-refractivity contribution < 1.29 is 4.74 Å². The highest BCUT2D eigenvalue weighted by molar-refractivity contribution is 6.81. The summed E-state index contributed by atoms with van der Waals surface area (Å²) >= 11 is 0. The van der Waals surface area contributed by atoms with Crippen molar-refractivity contribution in [2.24, 2.45) is 5.92 Å². The zero-order chi connectivity index (χ0) is 13.1. The Bertz CT molecular complexity index is 224. The van der Waals surface area contributed by atoms with Gasteiger partial charge in [0.25, 0.3) is 0 Å². The topological polar surface area (TPSA) is 9.23 Å². The quantitative estimate of drug-likeness (QED) is 0.642. The molecule has 0 saturated heterocycles.